The highest BCUT2D eigenvalue weighted by atomic mass is 32.2. The molecule has 0 N–H and O–H groups in total. The summed E-state index contributed by atoms with van der Waals surface area (Å²) in [6.07, 6.45) is 2.74. The first-order valence-electron chi connectivity index (χ1n) is 9.75. The molecule has 1 aromatic heterocycles. The van der Waals surface area contributed by atoms with Gasteiger partial charge in [-0.1, -0.05) is 59.8 Å². The quantitative estimate of drug-likeness (QED) is 0.448. The summed E-state index contributed by atoms with van der Waals surface area (Å²) >= 11 is 1.45. The SMILES string of the molecule is C=CCn1c(SC(C)C(=O)N2CCc3ccccc32)nnc1-c1cccc(C)c1. The van der Waals surface area contributed by atoms with Gasteiger partial charge in [-0.2, -0.15) is 0 Å². The van der Waals surface area contributed by atoms with E-state index in [4.69, 9.17) is 0 Å². The van der Waals surface area contributed by atoms with Gasteiger partial charge >= 0.3 is 0 Å². The molecule has 1 aliphatic heterocycles. The van der Waals surface area contributed by atoms with E-state index in [2.05, 4.69) is 41.9 Å². The molecule has 4 rings (SSSR count). The molecule has 0 fully saturated rings. The number of carbonyl (C=O) groups is 1. The Morgan fingerprint density at radius 2 is 2.07 bits per heavy atom. The Morgan fingerprint density at radius 1 is 1.24 bits per heavy atom. The van der Waals surface area contributed by atoms with Crippen LogP contribution in [0.5, 0.6) is 0 Å². The second kappa shape index (κ2) is 8.25. The fourth-order valence-corrected chi connectivity index (χ4v) is 4.58. The Labute approximate surface area is 175 Å². The smallest absolute Gasteiger partial charge is 0.240 e. The fraction of sp³-hybridized carbons (Fsp3) is 0.261. The van der Waals surface area contributed by atoms with Crippen LogP contribution in [-0.4, -0.2) is 32.5 Å². The zero-order valence-electron chi connectivity index (χ0n) is 16.7. The first kappa shape index (κ1) is 19.5. The maximum Gasteiger partial charge on any atom is 0.240 e. The highest BCUT2D eigenvalue weighted by Gasteiger charge is 2.29. The zero-order chi connectivity index (χ0) is 20.4. The number of para-hydroxylation sites is 1. The van der Waals surface area contributed by atoms with Crippen LogP contribution in [0.2, 0.25) is 0 Å². The van der Waals surface area contributed by atoms with Gasteiger partial charge in [-0.25, -0.2) is 0 Å². The van der Waals surface area contributed by atoms with Gasteiger partial charge in [0.2, 0.25) is 5.91 Å². The topological polar surface area (TPSA) is 51.0 Å². The highest BCUT2D eigenvalue weighted by molar-refractivity contribution is 8.00. The minimum absolute atomic E-state index is 0.102. The van der Waals surface area contributed by atoms with Crippen molar-refractivity contribution in [3.05, 3.63) is 72.3 Å². The number of hydrogen-bond acceptors (Lipinski definition) is 4. The number of aryl methyl sites for hydroxylation is 1. The molecule has 1 aliphatic rings. The highest BCUT2D eigenvalue weighted by Crippen LogP contribution is 2.32. The number of benzene rings is 2. The summed E-state index contributed by atoms with van der Waals surface area (Å²) in [5, 5.41) is 9.27. The van der Waals surface area contributed by atoms with Crippen LogP contribution < -0.4 is 4.90 Å². The minimum Gasteiger partial charge on any atom is -0.311 e. The van der Waals surface area contributed by atoms with E-state index in [-0.39, 0.29) is 11.2 Å². The fourth-order valence-electron chi connectivity index (χ4n) is 3.66. The third-order valence-corrected chi connectivity index (χ3v) is 6.16. The van der Waals surface area contributed by atoms with Crippen molar-refractivity contribution < 1.29 is 4.79 Å². The molecule has 5 nitrogen and oxygen atoms in total. The van der Waals surface area contributed by atoms with Gasteiger partial charge in [0.1, 0.15) is 0 Å². The third-order valence-electron chi connectivity index (χ3n) is 5.09. The van der Waals surface area contributed by atoms with Gasteiger partial charge in [0, 0.05) is 24.3 Å². The number of carbonyl (C=O) groups excluding carboxylic acids is 1. The molecule has 0 aliphatic carbocycles. The van der Waals surface area contributed by atoms with Crippen molar-refractivity contribution in [2.75, 3.05) is 11.4 Å². The number of amides is 1. The predicted octanol–water partition coefficient (Wildman–Crippen LogP) is 4.51. The first-order chi connectivity index (χ1) is 14.1. The van der Waals surface area contributed by atoms with Crippen molar-refractivity contribution in [2.45, 2.75) is 37.2 Å². The molecule has 29 heavy (non-hydrogen) atoms. The molecular formula is C23H24N4OS. The molecule has 148 valence electrons. The molecule has 0 bridgehead atoms. The molecule has 2 heterocycles. The van der Waals surface area contributed by atoms with Crippen LogP contribution in [-0.2, 0) is 17.8 Å². The molecule has 1 atom stereocenters. The average Bonchev–Trinajstić information content (AvgIpc) is 3.32. The number of rotatable bonds is 6. The second-order valence-electron chi connectivity index (χ2n) is 7.20. The second-order valence-corrected chi connectivity index (χ2v) is 8.51. The van der Waals surface area contributed by atoms with E-state index in [0.29, 0.717) is 6.54 Å². The van der Waals surface area contributed by atoms with E-state index < -0.39 is 0 Å². The van der Waals surface area contributed by atoms with Crippen LogP contribution in [0, 0.1) is 6.92 Å². The summed E-state index contributed by atoms with van der Waals surface area (Å²) < 4.78 is 2.02. The first-order valence-corrected chi connectivity index (χ1v) is 10.6. The summed E-state index contributed by atoms with van der Waals surface area (Å²) in [5.41, 5.74) is 4.44. The Kier molecular flexibility index (Phi) is 5.53. The summed E-state index contributed by atoms with van der Waals surface area (Å²) in [6, 6.07) is 16.3. The van der Waals surface area contributed by atoms with Gasteiger partial charge in [-0.3, -0.25) is 9.36 Å². The minimum atomic E-state index is -0.265. The van der Waals surface area contributed by atoms with Crippen molar-refractivity contribution in [1.82, 2.24) is 14.8 Å². The van der Waals surface area contributed by atoms with Crippen LogP contribution in [0.25, 0.3) is 11.4 Å². The van der Waals surface area contributed by atoms with Crippen LogP contribution >= 0.6 is 11.8 Å². The van der Waals surface area contributed by atoms with E-state index in [0.717, 1.165) is 35.2 Å². The third kappa shape index (κ3) is 3.85. The number of fused-ring (bicyclic) bond motifs is 1. The molecule has 1 unspecified atom stereocenters. The number of aromatic nitrogens is 3. The summed E-state index contributed by atoms with van der Waals surface area (Å²) in [5.74, 6) is 0.896. The van der Waals surface area contributed by atoms with E-state index in [1.165, 1.54) is 22.9 Å². The van der Waals surface area contributed by atoms with Crippen molar-refractivity contribution in [2.24, 2.45) is 0 Å². The average molecular weight is 405 g/mol. The van der Waals surface area contributed by atoms with Gasteiger partial charge in [0.25, 0.3) is 0 Å². The van der Waals surface area contributed by atoms with E-state index in [1.54, 1.807) is 0 Å². The normalized spacial score (nSPS) is 13.9. The van der Waals surface area contributed by atoms with Crippen LogP contribution in [0.4, 0.5) is 5.69 Å². The van der Waals surface area contributed by atoms with Gasteiger partial charge < -0.3 is 4.90 Å². The monoisotopic (exact) mass is 404 g/mol. The van der Waals surface area contributed by atoms with Crippen molar-refractivity contribution >= 4 is 23.4 Å². The number of anilines is 1. The Morgan fingerprint density at radius 3 is 2.86 bits per heavy atom. The molecule has 1 amide bonds. The molecule has 2 aromatic carbocycles. The molecule has 0 saturated heterocycles. The number of hydrogen-bond donors (Lipinski definition) is 0. The molecule has 3 aromatic rings. The lowest BCUT2D eigenvalue weighted by molar-refractivity contribution is -0.117. The lowest BCUT2D eigenvalue weighted by Crippen LogP contribution is -2.35. The maximum atomic E-state index is 13.1. The number of allylic oxidation sites excluding steroid dienone is 1. The Balaban J connectivity index is 1.58. The number of thioether (sulfide) groups is 1. The van der Waals surface area contributed by atoms with Crippen LogP contribution in [0.3, 0.4) is 0 Å². The summed E-state index contributed by atoms with van der Waals surface area (Å²) in [6.45, 7) is 9.19. The maximum absolute atomic E-state index is 13.1. The molecule has 0 radical (unpaired) electrons. The molecular weight excluding hydrogens is 380 g/mol. The zero-order valence-corrected chi connectivity index (χ0v) is 17.5. The van der Waals surface area contributed by atoms with E-state index in [1.807, 2.05) is 52.8 Å². The van der Waals surface area contributed by atoms with E-state index >= 15 is 0 Å². The van der Waals surface area contributed by atoms with Gasteiger partial charge in [0.05, 0.1) is 5.25 Å². The lowest BCUT2D eigenvalue weighted by atomic mass is 10.1. The molecule has 0 spiro atoms. The van der Waals surface area contributed by atoms with Gasteiger partial charge in [-0.05, 0) is 38.0 Å². The summed E-state index contributed by atoms with van der Waals surface area (Å²) in [4.78, 5) is 15.0. The van der Waals surface area contributed by atoms with Crippen LogP contribution in [0.15, 0.2) is 66.3 Å². The standard InChI is InChI=1S/C23H24N4OS/c1-4-13-27-21(19-10-7-8-16(2)15-19)24-25-23(27)29-17(3)22(28)26-14-12-18-9-5-6-11-20(18)26/h4-11,15,17H,1,12-14H2,2-3H3. The van der Waals surface area contributed by atoms with Crippen LogP contribution in [0.1, 0.15) is 18.1 Å². The van der Waals surface area contributed by atoms with Crippen molar-refractivity contribution in [3.63, 3.8) is 0 Å². The molecule has 0 saturated carbocycles. The predicted molar refractivity (Wildman–Crippen MR) is 118 cm³/mol. The number of nitrogens with zero attached hydrogens (tertiary/aromatic N) is 4. The van der Waals surface area contributed by atoms with Gasteiger partial charge in [0.15, 0.2) is 11.0 Å². The molecule has 6 heteroatoms. The van der Waals surface area contributed by atoms with E-state index in [9.17, 15) is 4.79 Å². The Bertz CT molecular complexity index is 1060. The largest absolute Gasteiger partial charge is 0.311 e. The van der Waals surface area contributed by atoms with Gasteiger partial charge in [-0.15, -0.1) is 16.8 Å². The van der Waals surface area contributed by atoms with Crippen molar-refractivity contribution in [1.29, 1.82) is 0 Å². The summed E-state index contributed by atoms with van der Waals surface area (Å²) in [7, 11) is 0. The Hall–Kier alpha value is -2.86. The lowest BCUT2D eigenvalue weighted by Gasteiger charge is -2.21. The van der Waals surface area contributed by atoms with Crippen molar-refractivity contribution in [3.8, 4) is 11.4 Å².